The maximum atomic E-state index is 12.4. The first-order valence-electron chi connectivity index (χ1n) is 6.42. The summed E-state index contributed by atoms with van der Waals surface area (Å²) in [5.74, 6) is 0.544. The Morgan fingerprint density at radius 2 is 1.88 bits per heavy atom. The van der Waals surface area contributed by atoms with Gasteiger partial charge in [-0.05, 0) is 32.4 Å². The van der Waals surface area contributed by atoms with Crippen LogP contribution in [0.3, 0.4) is 0 Å². The molecule has 1 unspecified atom stereocenters. The minimum atomic E-state index is -4.09. The van der Waals surface area contributed by atoms with E-state index in [1.807, 2.05) is 7.05 Å². The third kappa shape index (κ3) is 5.25. The smallest absolute Gasteiger partial charge is 0.315 e. The molecule has 1 atom stereocenters. The van der Waals surface area contributed by atoms with Gasteiger partial charge in [-0.15, -0.1) is 0 Å². The van der Waals surface area contributed by atoms with Gasteiger partial charge in [-0.2, -0.15) is 13.2 Å². The third-order valence-corrected chi connectivity index (χ3v) is 3.64. The average Bonchev–Trinajstić information content (AvgIpc) is 2.75. The van der Waals surface area contributed by atoms with Crippen LogP contribution >= 0.6 is 0 Å². The van der Waals surface area contributed by atoms with E-state index < -0.39 is 12.7 Å². The van der Waals surface area contributed by atoms with E-state index in [-0.39, 0.29) is 6.04 Å². The fourth-order valence-corrected chi connectivity index (χ4v) is 2.67. The van der Waals surface area contributed by atoms with Crippen molar-refractivity contribution in [3.05, 3.63) is 0 Å². The lowest BCUT2D eigenvalue weighted by atomic mass is 9.97. The van der Waals surface area contributed by atoms with Crippen molar-refractivity contribution < 1.29 is 13.2 Å². The van der Waals surface area contributed by atoms with Gasteiger partial charge in [0.2, 0.25) is 0 Å². The molecule has 17 heavy (non-hydrogen) atoms. The van der Waals surface area contributed by atoms with Gasteiger partial charge in [-0.1, -0.05) is 19.8 Å². The molecule has 1 saturated carbocycles. The summed E-state index contributed by atoms with van der Waals surface area (Å²) in [5, 5.41) is 3.19. The van der Waals surface area contributed by atoms with Crippen molar-refractivity contribution in [1.82, 2.24) is 10.2 Å². The molecule has 1 rings (SSSR count). The number of hydrogen-bond acceptors (Lipinski definition) is 2. The van der Waals surface area contributed by atoms with Crippen molar-refractivity contribution in [2.24, 2.45) is 5.92 Å². The molecule has 0 bridgehead atoms. The van der Waals surface area contributed by atoms with Crippen molar-refractivity contribution in [3.8, 4) is 0 Å². The van der Waals surface area contributed by atoms with E-state index in [0.29, 0.717) is 19.0 Å². The quantitative estimate of drug-likeness (QED) is 0.782. The Labute approximate surface area is 102 Å². The summed E-state index contributed by atoms with van der Waals surface area (Å²) in [5.41, 5.74) is 0. The molecule has 2 nitrogen and oxygen atoms in total. The molecule has 0 aromatic rings. The molecule has 102 valence electrons. The normalized spacial score (nSPS) is 20.1. The molecular weight excluding hydrogens is 229 g/mol. The first-order chi connectivity index (χ1) is 7.96. The molecule has 1 N–H and O–H groups in total. The maximum absolute atomic E-state index is 12.4. The fraction of sp³-hybridized carbons (Fsp3) is 1.00. The summed E-state index contributed by atoms with van der Waals surface area (Å²) in [4.78, 5) is 1.49. The predicted molar refractivity (Wildman–Crippen MR) is 63.0 cm³/mol. The first kappa shape index (κ1) is 14.8. The maximum Gasteiger partial charge on any atom is 0.401 e. The van der Waals surface area contributed by atoms with Crippen LogP contribution in [0.5, 0.6) is 0 Å². The van der Waals surface area contributed by atoms with Crippen molar-refractivity contribution in [2.45, 2.75) is 44.8 Å². The Hall–Kier alpha value is -0.290. The minimum Gasteiger partial charge on any atom is -0.315 e. The Balaban J connectivity index is 2.46. The number of nitrogens with zero attached hydrogens (tertiary/aromatic N) is 1. The molecule has 5 heteroatoms. The molecule has 0 saturated heterocycles. The number of hydrogen-bond donors (Lipinski definition) is 1. The molecular formula is C12H23F3N2. The molecule has 0 spiro atoms. The molecule has 0 amide bonds. The third-order valence-electron chi connectivity index (χ3n) is 3.64. The van der Waals surface area contributed by atoms with Gasteiger partial charge in [0, 0.05) is 12.6 Å². The van der Waals surface area contributed by atoms with Crippen LogP contribution in [0.25, 0.3) is 0 Å². The van der Waals surface area contributed by atoms with E-state index in [1.165, 1.54) is 17.7 Å². The minimum absolute atomic E-state index is 0.194. The van der Waals surface area contributed by atoms with Crippen molar-refractivity contribution in [2.75, 3.05) is 26.7 Å². The van der Waals surface area contributed by atoms with Crippen LogP contribution < -0.4 is 5.32 Å². The molecule has 0 heterocycles. The SMILES string of the molecule is CCN(CC(NC)C1CCCC1)CC(F)(F)F. The van der Waals surface area contributed by atoms with E-state index >= 15 is 0 Å². The highest BCUT2D eigenvalue weighted by atomic mass is 19.4. The molecule has 0 radical (unpaired) electrons. The highest BCUT2D eigenvalue weighted by Crippen LogP contribution is 2.28. The molecule has 1 aliphatic carbocycles. The predicted octanol–water partition coefficient (Wildman–Crippen LogP) is 2.65. The fourth-order valence-electron chi connectivity index (χ4n) is 2.67. The highest BCUT2D eigenvalue weighted by Gasteiger charge is 2.32. The topological polar surface area (TPSA) is 15.3 Å². The Bertz CT molecular complexity index is 212. The van der Waals surface area contributed by atoms with Gasteiger partial charge in [0.15, 0.2) is 0 Å². The van der Waals surface area contributed by atoms with Crippen LogP contribution in [-0.2, 0) is 0 Å². The van der Waals surface area contributed by atoms with E-state index in [4.69, 9.17) is 0 Å². The molecule has 1 fully saturated rings. The molecule has 0 aromatic heterocycles. The van der Waals surface area contributed by atoms with Gasteiger partial charge in [-0.3, -0.25) is 4.90 Å². The van der Waals surface area contributed by atoms with Crippen molar-refractivity contribution in [3.63, 3.8) is 0 Å². The van der Waals surface area contributed by atoms with Crippen LogP contribution in [-0.4, -0.2) is 43.8 Å². The summed E-state index contributed by atoms with van der Waals surface area (Å²) in [6.45, 7) is 1.93. The van der Waals surface area contributed by atoms with Crippen molar-refractivity contribution in [1.29, 1.82) is 0 Å². The van der Waals surface area contributed by atoms with E-state index in [2.05, 4.69) is 5.32 Å². The van der Waals surface area contributed by atoms with Crippen molar-refractivity contribution >= 4 is 0 Å². The lowest BCUT2D eigenvalue weighted by Gasteiger charge is -2.30. The van der Waals surface area contributed by atoms with Gasteiger partial charge in [0.25, 0.3) is 0 Å². The second-order valence-corrected chi connectivity index (χ2v) is 4.88. The second kappa shape index (κ2) is 6.59. The Kier molecular flexibility index (Phi) is 5.73. The van der Waals surface area contributed by atoms with Gasteiger partial charge >= 0.3 is 6.18 Å². The van der Waals surface area contributed by atoms with Crippen LogP contribution in [0.1, 0.15) is 32.6 Å². The monoisotopic (exact) mass is 252 g/mol. The zero-order chi connectivity index (χ0) is 12.9. The first-order valence-corrected chi connectivity index (χ1v) is 6.42. The summed E-state index contributed by atoms with van der Waals surface area (Å²) < 4.78 is 37.1. The number of rotatable bonds is 6. The Morgan fingerprint density at radius 1 is 1.29 bits per heavy atom. The van der Waals surface area contributed by atoms with E-state index in [1.54, 1.807) is 6.92 Å². The average molecular weight is 252 g/mol. The zero-order valence-electron chi connectivity index (χ0n) is 10.7. The van der Waals surface area contributed by atoms with Gasteiger partial charge in [-0.25, -0.2) is 0 Å². The number of nitrogens with one attached hydrogen (secondary N) is 1. The molecule has 1 aliphatic rings. The van der Waals surface area contributed by atoms with Gasteiger partial charge in [0.05, 0.1) is 6.54 Å². The highest BCUT2D eigenvalue weighted by molar-refractivity contribution is 4.82. The van der Waals surface area contributed by atoms with Gasteiger partial charge in [0.1, 0.15) is 0 Å². The van der Waals surface area contributed by atoms with Crippen LogP contribution in [0, 0.1) is 5.92 Å². The van der Waals surface area contributed by atoms with Gasteiger partial charge < -0.3 is 5.32 Å². The number of likely N-dealkylation sites (N-methyl/N-ethyl adjacent to an activating group) is 2. The van der Waals surface area contributed by atoms with Crippen LogP contribution in [0.2, 0.25) is 0 Å². The summed E-state index contributed by atoms with van der Waals surface area (Å²) in [7, 11) is 1.85. The lowest BCUT2D eigenvalue weighted by Crippen LogP contribution is -2.46. The second-order valence-electron chi connectivity index (χ2n) is 4.88. The summed E-state index contributed by atoms with van der Waals surface area (Å²) in [6, 6.07) is 0.194. The largest absolute Gasteiger partial charge is 0.401 e. The standard InChI is InChI=1S/C12H23F3N2/c1-3-17(9-12(13,14)15)8-11(16-2)10-6-4-5-7-10/h10-11,16H,3-9H2,1-2H3. The molecule has 0 aromatic carbocycles. The Morgan fingerprint density at radius 3 is 2.29 bits per heavy atom. The zero-order valence-corrected chi connectivity index (χ0v) is 10.7. The number of alkyl halides is 3. The van der Waals surface area contributed by atoms with E-state index in [0.717, 1.165) is 12.8 Å². The van der Waals surface area contributed by atoms with Crippen LogP contribution in [0.4, 0.5) is 13.2 Å². The summed E-state index contributed by atoms with van der Waals surface area (Å²) >= 11 is 0. The lowest BCUT2D eigenvalue weighted by molar-refractivity contribution is -0.146. The summed E-state index contributed by atoms with van der Waals surface area (Å²) in [6.07, 6.45) is 0.636. The molecule has 0 aliphatic heterocycles. The number of halogens is 3. The van der Waals surface area contributed by atoms with E-state index in [9.17, 15) is 13.2 Å². The van der Waals surface area contributed by atoms with Crippen LogP contribution in [0.15, 0.2) is 0 Å².